The number of hydrogen-bond acceptors (Lipinski definition) is 3. The summed E-state index contributed by atoms with van der Waals surface area (Å²) in [5.74, 6) is 0.332. The highest BCUT2D eigenvalue weighted by atomic mass is 16.5. The van der Waals surface area contributed by atoms with Gasteiger partial charge in [0.2, 0.25) is 0 Å². The molecule has 1 saturated heterocycles. The van der Waals surface area contributed by atoms with Gasteiger partial charge >= 0.3 is 5.97 Å². The van der Waals surface area contributed by atoms with E-state index in [1.165, 1.54) is 19.3 Å². The third kappa shape index (κ3) is 2.31. The Kier molecular flexibility index (Phi) is 3.97. The maximum atomic E-state index is 12.1. The minimum Gasteiger partial charge on any atom is -0.466 e. The Morgan fingerprint density at radius 2 is 2.05 bits per heavy atom. The Bertz CT molecular complexity index is 350. The molecule has 0 radical (unpaired) electrons. The number of esters is 1. The normalized spacial score (nSPS) is 41.4. The summed E-state index contributed by atoms with van der Waals surface area (Å²) >= 11 is 0. The fraction of sp³-hybridized carbons (Fsp3) is 0.938. The molecule has 1 heterocycles. The predicted molar refractivity (Wildman–Crippen MR) is 74.8 cm³/mol. The SMILES string of the molecule is CCOC(=O)C1C[C@]2(OC1C)[C@@H](C)CCCC2(C)C. The Morgan fingerprint density at radius 1 is 1.37 bits per heavy atom. The van der Waals surface area contributed by atoms with Crippen molar-refractivity contribution in [1.29, 1.82) is 0 Å². The Hall–Kier alpha value is -0.570. The van der Waals surface area contributed by atoms with Gasteiger partial charge in [0.25, 0.3) is 0 Å². The predicted octanol–water partition coefficient (Wildman–Crippen LogP) is 3.56. The van der Waals surface area contributed by atoms with Gasteiger partial charge in [0.1, 0.15) is 0 Å². The first kappa shape index (κ1) is 14.8. The number of carbonyl (C=O) groups excluding carboxylic acids is 1. The van der Waals surface area contributed by atoms with Crippen molar-refractivity contribution < 1.29 is 14.3 Å². The summed E-state index contributed by atoms with van der Waals surface area (Å²) in [5, 5.41) is 0. The molecule has 0 N–H and O–H groups in total. The van der Waals surface area contributed by atoms with Gasteiger partial charge < -0.3 is 9.47 Å². The van der Waals surface area contributed by atoms with Crippen LogP contribution < -0.4 is 0 Å². The van der Waals surface area contributed by atoms with Crippen LogP contribution in [0.4, 0.5) is 0 Å². The van der Waals surface area contributed by atoms with Crippen molar-refractivity contribution in [2.45, 2.75) is 72.0 Å². The molecule has 0 aromatic rings. The molecule has 4 atom stereocenters. The van der Waals surface area contributed by atoms with Crippen molar-refractivity contribution in [3.05, 3.63) is 0 Å². The third-order valence-corrected chi connectivity index (χ3v) is 5.46. The number of ether oxygens (including phenoxy) is 2. The van der Waals surface area contributed by atoms with Crippen molar-refractivity contribution >= 4 is 5.97 Å². The minimum absolute atomic E-state index is 0.0288. The van der Waals surface area contributed by atoms with Gasteiger partial charge in [0.15, 0.2) is 0 Å². The standard InChI is InChI=1S/C16H28O3/c1-6-18-14(17)13-10-16(19-12(13)3)11(2)8-7-9-15(16,4)5/h11-13H,6-10H2,1-5H3/t11-,12?,13?,16-/m0/s1. The van der Waals surface area contributed by atoms with E-state index in [2.05, 4.69) is 20.8 Å². The average Bonchev–Trinajstić information content (AvgIpc) is 2.67. The Balaban J connectivity index is 2.23. The van der Waals surface area contributed by atoms with E-state index in [4.69, 9.17) is 9.47 Å². The molecule has 1 aliphatic carbocycles. The summed E-state index contributed by atoms with van der Waals surface area (Å²) in [5.41, 5.74) is -0.0116. The van der Waals surface area contributed by atoms with Gasteiger partial charge in [-0.2, -0.15) is 0 Å². The summed E-state index contributed by atoms with van der Waals surface area (Å²) in [6.07, 6.45) is 4.43. The van der Waals surface area contributed by atoms with E-state index >= 15 is 0 Å². The van der Waals surface area contributed by atoms with Crippen LogP contribution in [0, 0.1) is 17.3 Å². The molecule has 2 fully saturated rings. The van der Waals surface area contributed by atoms with E-state index in [1.54, 1.807) is 0 Å². The second kappa shape index (κ2) is 5.08. The van der Waals surface area contributed by atoms with E-state index in [0.29, 0.717) is 12.5 Å². The molecule has 19 heavy (non-hydrogen) atoms. The summed E-state index contributed by atoms with van der Waals surface area (Å²) in [6, 6.07) is 0. The molecule has 3 heteroatoms. The number of carbonyl (C=O) groups is 1. The monoisotopic (exact) mass is 268 g/mol. The first-order chi connectivity index (χ1) is 8.84. The van der Waals surface area contributed by atoms with Crippen molar-refractivity contribution in [3.8, 4) is 0 Å². The molecule has 0 aromatic carbocycles. The largest absolute Gasteiger partial charge is 0.466 e. The molecule has 3 nitrogen and oxygen atoms in total. The second-order valence-corrected chi connectivity index (χ2v) is 6.95. The van der Waals surface area contributed by atoms with Gasteiger partial charge in [-0.25, -0.2) is 0 Å². The van der Waals surface area contributed by atoms with Gasteiger partial charge in [-0.1, -0.05) is 27.2 Å². The zero-order chi connectivity index (χ0) is 14.3. The lowest BCUT2D eigenvalue weighted by atomic mass is 9.59. The lowest BCUT2D eigenvalue weighted by molar-refractivity contribution is -0.164. The molecule has 1 saturated carbocycles. The lowest BCUT2D eigenvalue weighted by Crippen LogP contribution is -2.52. The van der Waals surface area contributed by atoms with Crippen LogP contribution in [-0.4, -0.2) is 24.3 Å². The van der Waals surface area contributed by atoms with Crippen molar-refractivity contribution in [2.75, 3.05) is 6.61 Å². The molecular formula is C16H28O3. The van der Waals surface area contributed by atoms with Gasteiger partial charge in [0, 0.05) is 0 Å². The highest BCUT2D eigenvalue weighted by Crippen LogP contribution is 2.56. The van der Waals surface area contributed by atoms with Gasteiger partial charge in [-0.05, 0) is 44.4 Å². The topological polar surface area (TPSA) is 35.5 Å². The van der Waals surface area contributed by atoms with E-state index in [-0.39, 0.29) is 29.0 Å². The van der Waals surface area contributed by atoms with Gasteiger partial charge in [-0.3, -0.25) is 4.79 Å². The van der Waals surface area contributed by atoms with Crippen LogP contribution in [0.1, 0.15) is 60.3 Å². The molecule has 0 bridgehead atoms. The van der Waals surface area contributed by atoms with E-state index < -0.39 is 0 Å². The maximum Gasteiger partial charge on any atom is 0.311 e. The molecule has 1 aliphatic heterocycles. The zero-order valence-electron chi connectivity index (χ0n) is 13.0. The van der Waals surface area contributed by atoms with E-state index in [0.717, 1.165) is 6.42 Å². The van der Waals surface area contributed by atoms with Crippen molar-refractivity contribution in [1.82, 2.24) is 0 Å². The second-order valence-electron chi connectivity index (χ2n) is 6.95. The van der Waals surface area contributed by atoms with Crippen molar-refractivity contribution in [3.63, 3.8) is 0 Å². The summed E-state index contributed by atoms with van der Waals surface area (Å²) in [6.45, 7) is 11.2. The van der Waals surface area contributed by atoms with Crippen LogP contribution in [-0.2, 0) is 14.3 Å². The fourth-order valence-corrected chi connectivity index (χ4v) is 4.19. The zero-order valence-corrected chi connectivity index (χ0v) is 13.0. The van der Waals surface area contributed by atoms with Crippen molar-refractivity contribution in [2.24, 2.45) is 17.3 Å². The van der Waals surface area contributed by atoms with E-state index in [9.17, 15) is 4.79 Å². The summed E-state index contributed by atoms with van der Waals surface area (Å²) in [7, 11) is 0. The van der Waals surface area contributed by atoms with Crippen LogP contribution >= 0.6 is 0 Å². The summed E-state index contributed by atoms with van der Waals surface area (Å²) in [4.78, 5) is 12.1. The molecule has 1 spiro atoms. The average molecular weight is 268 g/mol. The van der Waals surface area contributed by atoms with Crippen LogP contribution in [0.5, 0.6) is 0 Å². The third-order valence-electron chi connectivity index (χ3n) is 5.46. The molecule has 2 rings (SSSR count). The Morgan fingerprint density at radius 3 is 2.63 bits per heavy atom. The molecule has 0 amide bonds. The first-order valence-corrected chi connectivity index (χ1v) is 7.68. The highest BCUT2D eigenvalue weighted by Gasteiger charge is 2.59. The lowest BCUT2D eigenvalue weighted by Gasteiger charge is -2.51. The van der Waals surface area contributed by atoms with Crippen LogP contribution in [0.15, 0.2) is 0 Å². The minimum atomic E-state index is -0.151. The summed E-state index contributed by atoms with van der Waals surface area (Å²) < 4.78 is 11.6. The fourth-order valence-electron chi connectivity index (χ4n) is 4.19. The van der Waals surface area contributed by atoms with Crippen LogP contribution in [0.2, 0.25) is 0 Å². The highest BCUT2D eigenvalue weighted by molar-refractivity contribution is 5.73. The first-order valence-electron chi connectivity index (χ1n) is 7.68. The smallest absolute Gasteiger partial charge is 0.311 e. The molecule has 0 aromatic heterocycles. The quantitative estimate of drug-likeness (QED) is 0.718. The number of hydrogen-bond donors (Lipinski definition) is 0. The maximum absolute atomic E-state index is 12.1. The van der Waals surface area contributed by atoms with Crippen LogP contribution in [0.3, 0.4) is 0 Å². The Labute approximate surface area is 117 Å². The number of rotatable bonds is 2. The van der Waals surface area contributed by atoms with Gasteiger partial charge in [-0.15, -0.1) is 0 Å². The van der Waals surface area contributed by atoms with E-state index in [1.807, 2.05) is 13.8 Å². The van der Waals surface area contributed by atoms with Crippen LogP contribution in [0.25, 0.3) is 0 Å². The molecular weight excluding hydrogens is 240 g/mol. The molecule has 2 unspecified atom stereocenters. The molecule has 2 aliphatic rings. The molecule has 110 valence electrons. The van der Waals surface area contributed by atoms with Gasteiger partial charge in [0.05, 0.1) is 24.2 Å².